The fourth-order valence-corrected chi connectivity index (χ4v) is 3.68. The van der Waals surface area contributed by atoms with Crippen LogP contribution in [-0.4, -0.2) is 29.4 Å². The summed E-state index contributed by atoms with van der Waals surface area (Å²) in [4.78, 5) is 47.4. The Morgan fingerprint density at radius 3 is 2.59 bits per heavy atom. The van der Waals surface area contributed by atoms with Gasteiger partial charge in [-0.15, -0.1) is 0 Å². The number of benzene rings is 3. The number of hydrogen-bond donors (Lipinski definition) is 1. The van der Waals surface area contributed by atoms with Crippen molar-refractivity contribution in [1.29, 1.82) is 0 Å². The summed E-state index contributed by atoms with van der Waals surface area (Å²) in [5, 5.41) is 13.4. The molecular formula is C25H20N2O7. The minimum Gasteiger partial charge on any atom is -0.454 e. The number of non-ortho nitro benzene ring substituents is 1. The lowest BCUT2D eigenvalue weighted by atomic mass is 9.93. The third kappa shape index (κ3) is 4.93. The standard InChI is InChI=1S/C25H20N2O7/c1-15-11-19(27(31)32)8-10-21(15)26-23(28)14-33-24(29)17-7-9-20-18(12-17)13-22(34-25(20)30)16-5-3-2-4-6-16/h2-12,22H,13-14H2,1H3,(H,26,28)/t22-/m1/s1. The zero-order valence-electron chi connectivity index (χ0n) is 18.1. The largest absolute Gasteiger partial charge is 0.454 e. The van der Waals surface area contributed by atoms with Crippen molar-refractivity contribution >= 4 is 29.2 Å². The van der Waals surface area contributed by atoms with Crippen LogP contribution in [0.5, 0.6) is 0 Å². The molecule has 4 rings (SSSR count). The Balaban J connectivity index is 1.40. The predicted molar refractivity (Wildman–Crippen MR) is 121 cm³/mol. The third-order valence-corrected chi connectivity index (χ3v) is 5.42. The molecule has 0 saturated heterocycles. The highest BCUT2D eigenvalue weighted by atomic mass is 16.6. The lowest BCUT2D eigenvalue weighted by Crippen LogP contribution is -2.23. The summed E-state index contributed by atoms with van der Waals surface area (Å²) < 4.78 is 10.6. The Labute approximate surface area is 194 Å². The molecule has 1 aliphatic heterocycles. The number of aryl methyl sites for hydroxylation is 1. The number of anilines is 1. The van der Waals surface area contributed by atoms with Crippen LogP contribution in [0.15, 0.2) is 66.7 Å². The van der Waals surface area contributed by atoms with Gasteiger partial charge in [-0.25, -0.2) is 9.59 Å². The molecule has 9 heteroatoms. The molecule has 1 heterocycles. The third-order valence-electron chi connectivity index (χ3n) is 5.42. The minimum absolute atomic E-state index is 0.0901. The van der Waals surface area contributed by atoms with Crippen LogP contribution in [-0.2, 0) is 20.7 Å². The molecule has 1 atom stereocenters. The predicted octanol–water partition coefficient (Wildman–Crippen LogP) is 4.15. The van der Waals surface area contributed by atoms with Crippen molar-refractivity contribution in [2.75, 3.05) is 11.9 Å². The van der Waals surface area contributed by atoms with Crippen LogP contribution >= 0.6 is 0 Å². The number of ether oxygens (including phenoxy) is 2. The van der Waals surface area contributed by atoms with Crippen molar-refractivity contribution in [3.63, 3.8) is 0 Å². The summed E-state index contributed by atoms with van der Waals surface area (Å²) in [6.07, 6.45) is -0.0465. The molecule has 0 aliphatic carbocycles. The molecule has 0 unspecified atom stereocenters. The highest BCUT2D eigenvalue weighted by Gasteiger charge is 2.28. The summed E-state index contributed by atoms with van der Waals surface area (Å²) in [6, 6.07) is 17.9. The molecule has 0 spiro atoms. The average Bonchev–Trinajstić information content (AvgIpc) is 2.83. The quantitative estimate of drug-likeness (QED) is 0.333. The van der Waals surface area contributed by atoms with Gasteiger partial charge in [0.25, 0.3) is 11.6 Å². The van der Waals surface area contributed by atoms with E-state index in [9.17, 15) is 24.5 Å². The number of carbonyl (C=O) groups is 3. The molecule has 34 heavy (non-hydrogen) atoms. The summed E-state index contributed by atoms with van der Waals surface area (Å²) in [5.41, 5.74) is 2.90. The van der Waals surface area contributed by atoms with Gasteiger partial charge in [-0.05, 0) is 47.9 Å². The number of fused-ring (bicyclic) bond motifs is 1. The number of carbonyl (C=O) groups excluding carboxylic acids is 3. The van der Waals surface area contributed by atoms with Crippen LogP contribution in [0.4, 0.5) is 11.4 Å². The van der Waals surface area contributed by atoms with Crippen LogP contribution in [0.3, 0.4) is 0 Å². The van der Waals surface area contributed by atoms with Crippen LogP contribution in [0.2, 0.25) is 0 Å². The molecule has 172 valence electrons. The van der Waals surface area contributed by atoms with E-state index < -0.39 is 35.5 Å². The second kappa shape index (κ2) is 9.53. The van der Waals surface area contributed by atoms with Crippen LogP contribution < -0.4 is 5.32 Å². The zero-order chi connectivity index (χ0) is 24.2. The summed E-state index contributed by atoms with van der Waals surface area (Å²) in [5.74, 6) is -1.77. The molecule has 1 N–H and O–H groups in total. The number of amides is 1. The highest BCUT2D eigenvalue weighted by Crippen LogP contribution is 2.31. The maximum atomic E-state index is 12.5. The van der Waals surface area contributed by atoms with Crippen LogP contribution in [0.1, 0.15) is 43.5 Å². The van der Waals surface area contributed by atoms with E-state index in [0.29, 0.717) is 28.8 Å². The lowest BCUT2D eigenvalue weighted by Gasteiger charge is -2.25. The second-order valence-electron chi connectivity index (χ2n) is 7.76. The number of esters is 2. The zero-order valence-corrected chi connectivity index (χ0v) is 18.1. The Bertz CT molecular complexity index is 1290. The summed E-state index contributed by atoms with van der Waals surface area (Å²) in [7, 11) is 0. The maximum absolute atomic E-state index is 12.5. The van der Waals surface area contributed by atoms with Gasteiger partial charge in [0.15, 0.2) is 6.61 Å². The van der Waals surface area contributed by atoms with Gasteiger partial charge in [-0.3, -0.25) is 14.9 Å². The van der Waals surface area contributed by atoms with Crippen molar-refractivity contribution in [3.8, 4) is 0 Å². The summed E-state index contributed by atoms with van der Waals surface area (Å²) in [6.45, 7) is 1.08. The molecule has 1 amide bonds. The molecule has 3 aromatic rings. The number of nitro benzene ring substituents is 1. The average molecular weight is 460 g/mol. The Morgan fingerprint density at radius 2 is 1.88 bits per heavy atom. The normalized spacial score (nSPS) is 14.5. The number of rotatable bonds is 6. The fraction of sp³-hybridized carbons (Fsp3) is 0.160. The van der Waals surface area contributed by atoms with E-state index in [1.807, 2.05) is 30.3 Å². The SMILES string of the molecule is Cc1cc([N+](=O)[O-])ccc1NC(=O)COC(=O)c1ccc2c(c1)C[C@H](c1ccccc1)OC2=O. The molecule has 0 radical (unpaired) electrons. The van der Waals surface area contributed by atoms with Crippen LogP contribution in [0, 0.1) is 17.0 Å². The van der Waals surface area contributed by atoms with Crippen molar-refractivity contribution in [2.45, 2.75) is 19.4 Å². The molecule has 0 aromatic heterocycles. The number of hydrogen-bond acceptors (Lipinski definition) is 7. The lowest BCUT2D eigenvalue weighted by molar-refractivity contribution is -0.384. The fourth-order valence-electron chi connectivity index (χ4n) is 3.68. The second-order valence-corrected chi connectivity index (χ2v) is 7.76. The monoisotopic (exact) mass is 460 g/mol. The highest BCUT2D eigenvalue weighted by molar-refractivity contribution is 5.98. The van der Waals surface area contributed by atoms with Gasteiger partial charge in [0.2, 0.25) is 0 Å². The molecule has 0 saturated carbocycles. The first-order chi connectivity index (χ1) is 16.3. The van der Waals surface area contributed by atoms with Crippen molar-refractivity contribution in [2.24, 2.45) is 0 Å². The van der Waals surface area contributed by atoms with E-state index in [2.05, 4.69) is 5.32 Å². The van der Waals surface area contributed by atoms with Gasteiger partial charge >= 0.3 is 11.9 Å². The van der Waals surface area contributed by atoms with E-state index in [0.717, 1.165) is 5.56 Å². The molecule has 9 nitrogen and oxygen atoms in total. The van der Waals surface area contributed by atoms with Crippen LogP contribution in [0.25, 0.3) is 0 Å². The number of nitrogens with zero attached hydrogens (tertiary/aromatic N) is 1. The van der Waals surface area contributed by atoms with Gasteiger partial charge in [0.1, 0.15) is 6.10 Å². The maximum Gasteiger partial charge on any atom is 0.339 e. The van der Waals surface area contributed by atoms with E-state index in [1.54, 1.807) is 13.0 Å². The van der Waals surface area contributed by atoms with E-state index in [1.165, 1.54) is 30.3 Å². The van der Waals surface area contributed by atoms with Crippen molar-refractivity contribution < 1.29 is 28.8 Å². The Kier molecular flexibility index (Phi) is 6.35. The molecule has 0 bridgehead atoms. The number of nitro groups is 1. The van der Waals surface area contributed by atoms with E-state index in [-0.39, 0.29) is 11.3 Å². The summed E-state index contributed by atoms with van der Waals surface area (Å²) >= 11 is 0. The molecule has 3 aromatic carbocycles. The van der Waals surface area contributed by atoms with Gasteiger partial charge in [-0.2, -0.15) is 0 Å². The Morgan fingerprint density at radius 1 is 1.12 bits per heavy atom. The number of nitrogens with one attached hydrogen (secondary N) is 1. The van der Waals surface area contributed by atoms with Gasteiger partial charge in [-0.1, -0.05) is 30.3 Å². The topological polar surface area (TPSA) is 125 Å². The van der Waals surface area contributed by atoms with Gasteiger partial charge in [0, 0.05) is 24.2 Å². The van der Waals surface area contributed by atoms with Gasteiger partial charge in [0.05, 0.1) is 16.1 Å². The van der Waals surface area contributed by atoms with Crippen molar-refractivity contribution in [1.82, 2.24) is 0 Å². The van der Waals surface area contributed by atoms with Gasteiger partial charge < -0.3 is 14.8 Å². The van der Waals surface area contributed by atoms with E-state index in [4.69, 9.17) is 9.47 Å². The van der Waals surface area contributed by atoms with E-state index >= 15 is 0 Å². The molecule has 1 aliphatic rings. The number of cyclic esters (lactones) is 1. The molecular weight excluding hydrogens is 440 g/mol. The first-order valence-corrected chi connectivity index (χ1v) is 10.4. The molecule has 0 fully saturated rings. The smallest absolute Gasteiger partial charge is 0.339 e. The first kappa shape index (κ1) is 22.7. The first-order valence-electron chi connectivity index (χ1n) is 10.4. The minimum atomic E-state index is -0.714. The Hall–Kier alpha value is -4.53. The van der Waals surface area contributed by atoms with Crippen molar-refractivity contribution in [3.05, 3.63) is 105 Å².